The Morgan fingerprint density at radius 1 is 1.03 bits per heavy atom. The van der Waals surface area contributed by atoms with Gasteiger partial charge >= 0.3 is 0 Å². The highest BCUT2D eigenvalue weighted by molar-refractivity contribution is 5.80. The number of imidazole rings is 1. The molecule has 0 bridgehead atoms. The minimum absolute atomic E-state index is 0.101. The normalized spacial score (nSPS) is 13.4. The van der Waals surface area contributed by atoms with Gasteiger partial charge in [-0.15, -0.1) is 0 Å². The Kier molecular flexibility index (Phi) is 11.2. The van der Waals surface area contributed by atoms with Crippen LogP contribution in [0.4, 0.5) is 11.8 Å². The van der Waals surface area contributed by atoms with Gasteiger partial charge in [0, 0.05) is 31.5 Å². The second-order valence-electron chi connectivity index (χ2n) is 9.38. The van der Waals surface area contributed by atoms with Crippen LogP contribution in [0, 0.1) is 5.92 Å². The lowest BCUT2D eigenvalue weighted by atomic mass is 9.91. The van der Waals surface area contributed by atoms with Gasteiger partial charge in [0.05, 0.1) is 6.54 Å². The molecule has 1 aliphatic rings. The smallest absolute Gasteiger partial charge is 0.239 e. The standard InChI is InChI=1S/C21H27N7O.C7H14/c1-3-5-16-6-8-17(9-7-16)13-25-20(29)14-24-18-12-19(28-11-10-22-15-28)27-21(26-18)23-4-2;1-7-5-3-2-4-6-7/h6-12,15H,3-5,13-14H2,1-2H3,(H,25,29)(H2,23,24,26,27);7H,2-6H2,1H3. The summed E-state index contributed by atoms with van der Waals surface area (Å²) in [6, 6.07) is 10.1. The van der Waals surface area contributed by atoms with Crippen LogP contribution in [0.1, 0.15) is 70.4 Å². The molecular weight excluding hydrogens is 450 g/mol. The Hall–Kier alpha value is -3.42. The molecule has 36 heavy (non-hydrogen) atoms. The van der Waals surface area contributed by atoms with Gasteiger partial charge in [0.1, 0.15) is 18.0 Å². The molecule has 8 nitrogen and oxygen atoms in total. The fraction of sp³-hybridized carbons (Fsp3) is 0.500. The summed E-state index contributed by atoms with van der Waals surface area (Å²) in [6.07, 6.45) is 14.8. The predicted molar refractivity (Wildman–Crippen MR) is 146 cm³/mol. The Morgan fingerprint density at radius 2 is 1.78 bits per heavy atom. The molecule has 1 saturated carbocycles. The lowest BCUT2D eigenvalue weighted by Gasteiger charge is -2.15. The number of aromatic nitrogens is 4. The summed E-state index contributed by atoms with van der Waals surface area (Å²) in [6.45, 7) is 7.82. The highest BCUT2D eigenvalue weighted by Gasteiger charge is 2.08. The van der Waals surface area contributed by atoms with Crippen LogP contribution in [0.5, 0.6) is 0 Å². The van der Waals surface area contributed by atoms with E-state index in [0.29, 0.717) is 30.7 Å². The van der Waals surface area contributed by atoms with Crippen molar-refractivity contribution in [1.82, 2.24) is 24.8 Å². The quantitative estimate of drug-likeness (QED) is 0.353. The first-order chi connectivity index (χ1) is 17.6. The molecule has 0 saturated heterocycles. The summed E-state index contributed by atoms with van der Waals surface area (Å²) in [5.41, 5.74) is 2.40. The second-order valence-corrected chi connectivity index (χ2v) is 9.38. The van der Waals surface area contributed by atoms with Crippen molar-refractivity contribution in [2.24, 2.45) is 5.92 Å². The predicted octanol–water partition coefficient (Wildman–Crippen LogP) is 5.36. The number of aryl methyl sites for hydroxylation is 1. The molecule has 0 unspecified atom stereocenters. The summed E-state index contributed by atoms with van der Waals surface area (Å²) in [5, 5.41) is 9.10. The number of amides is 1. The third kappa shape index (κ3) is 9.32. The van der Waals surface area contributed by atoms with Gasteiger partial charge in [-0.2, -0.15) is 9.97 Å². The molecule has 4 rings (SSSR count). The van der Waals surface area contributed by atoms with E-state index in [4.69, 9.17) is 0 Å². The Balaban J connectivity index is 0.000000444. The molecule has 0 atom stereocenters. The van der Waals surface area contributed by atoms with Crippen LogP contribution < -0.4 is 16.0 Å². The number of nitrogens with one attached hydrogen (secondary N) is 3. The van der Waals surface area contributed by atoms with E-state index in [1.165, 1.54) is 37.7 Å². The van der Waals surface area contributed by atoms with Gasteiger partial charge in [-0.25, -0.2) is 4.98 Å². The monoisotopic (exact) mass is 491 g/mol. The van der Waals surface area contributed by atoms with Gasteiger partial charge in [-0.1, -0.05) is 76.6 Å². The van der Waals surface area contributed by atoms with E-state index in [0.717, 1.165) is 24.3 Å². The molecule has 194 valence electrons. The molecule has 0 aliphatic heterocycles. The van der Waals surface area contributed by atoms with Crippen LogP contribution >= 0.6 is 0 Å². The van der Waals surface area contributed by atoms with Crippen LogP contribution in [0.3, 0.4) is 0 Å². The fourth-order valence-electron chi connectivity index (χ4n) is 4.14. The van der Waals surface area contributed by atoms with Crippen molar-refractivity contribution >= 4 is 17.7 Å². The van der Waals surface area contributed by atoms with Crippen molar-refractivity contribution in [2.45, 2.75) is 72.3 Å². The van der Waals surface area contributed by atoms with Gasteiger partial charge in [-0.05, 0) is 30.4 Å². The SMILES string of the molecule is CC1CCCCC1.CCCc1ccc(CNC(=O)CNc2cc(-n3ccnc3)nc(NCC)n2)cc1. The molecule has 0 spiro atoms. The van der Waals surface area contributed by atoms with Crippen molar-refractivity contribution in [3.05, 3.63) is 60.2 Å². The zero-order valence-electron chi connectivity index (χ0n) is 22.0. The number of anilines is 2. The van der Waals surface area contributed by atoms with Crippen molar-refractivity contribution in [3.63, 3.8) is 0 Å². The van der Waals surface area contributed by atoms with Gasteiger partial charge in [0.15, 0.2) is 0 Å². The number of carbonyl (C=O) groups is 1. The Bertz CT molecular complexity index is 1030. The zero-order valence-corrected chi connectivity index (χ0v) is 22.0. The van der Waals surface area contributed by atoms with Crippen molar-refractivity contribution in [1.29, 1.82) is 0 Å². The van der Waals surface area contributed by atoms with Crippen LogP contribution in [0.15, 0.2) is 49.1 Å². The van der Waals surface area contributed by atoms with E-state index in [1.54, 1.807) is 29.4 Å². The Morgan fingerprint density at radius 3 is 2.39 bits per heavy atom. The average Bonchev–Trinajstić information content (AvgIpc) is 3.44. The molecular formula is C28H41N7O. The second kappa shape index (κ2) is 14.9. The number of rotatable bonds is 10. The summed E-state index contributed by atoms with van der Waals surface area (Å²) in [5.74, 6) is 2.67. The number of hydrogen-bond donors (Lipinski definition) is 3. The number of hydrogen-bond acceptors (Lipinski definition) is 6. The maximum Gasteiger partial charge on any atom is 0.239 e. The largest absolute Gasteiger partial charge is 0.361 e. The number of carbonyl (C=O) groups excluding carboxylic acids is 1. The molecule has 1 amide bonds. The first kappa shape index (κ1) is 27.2. The minimum Gasteiger partial charge on any atom is -0.361 e. The lowest BCUT2D eigenvalue weighted by molar-refractivity contribution is -0.119. The molecule has 3 aromatic rings. The maximum atomic E-state index is 12.2. The maximum absolute atomic E-state index is 12.2. The zero-order chi connectivity index (χ0) is 25.6. The fourth-order valence-corrected chi connectivity index (χ4v) is 4.14. The summed E-state index contributed by atoms with van der Waals surface area (Å²) in [7, 11) is 0. The molecule has 1 fully saturated rings. The third-order valence-corrected chi connectivity index (χ3v) is 6.19. The summed E-state index contributed by atoms with van der Waals surface area (Å²) >= 11 is 0. The first-order valence-corrected chi connectivity index (χ1v) is 13.3. The molecule has 1 aliphatic carbocycles. The van der Waals surface area contributed by atoms with E-state index in [2.05, 4.69) is 69.0 Å². The van der Waals surface area contributed by atoms with Crippen LogP contribution in [0.25, 0.3) is 5.82 Å². The molecule has 3 N–H and O–H groups in total. The molecule has 8 heteroatoms. The first-order valence-electron chi connectivity index (χ1n) is 13.3. The third-order valence-electron chi connectivity index (χ3n) is 6.19. The van der Waals surface area contributed by atoms with Crippen LogP contribution in [-0.4, -0.2) is 38.5 Å². The van der Waals surface area contributed by atoms with Gasteiger partial charge in [0.2, 0.25) is 11.9 Å². The number of benzene rings is 1. The van der Waals surface area contributed by atoms with Crippen molar-refractivity contribution < 1.29 is 4.79 Å². The van der Waals surface area contributed by atoms with E-state index in [9.17, 15) is 4.79 Å². The van der Waals surface area contributed by atoms with Crippen LogP contribution in [0.2, 0.25) is 0 Å². The number of nitrogens with zero attached hydrogens (tertiary/aromatic N) is 4. The average molecular weight is 492 g/mol. The lowest BCUT2D eigenvalue weighted by Crippen LogP contribution is -2.29. The van der Waals surface area contributed by atoms with Gasteiger partial charge in [0.25, 0.3) is 0 Å². The minimum atomic E-state index is -0.101. The highest BCUT2D eigenvalue weighted by Crippen LogP contribution is 2.22. The van der Waals surface area contributed by atoms with E-state index >= 15 is 0 Å². The van der Waals surface area contributed by atoms with Crippen molar-refractivity contribution in [3.8, 4) is 5.82 Å². The van der Waals surface area contributed by atoms with Crippen molar-refractivity contribution in [2.75, 3.05) is 23.7 Å². The topological polar surface area (TPSA) is 96.8 Å². The van der Waals surface area contributed by atoms with E-state index in [1.807, 2.05) is 6.92 Å². The molecule has 2 aromatic heterocycles. The molecule has 2 heterocycles. The van der Waals surface area contributed by atoms with E-state index in [-0.39, 0.29) is 12.5 Å². The van der Waals surface area contributed by atoms with Gasteiger partial charge < -0.3 is 16.0 Å². The molecule has 1 aromatic carbocycles. The Labute approximate surface area is 215 Å². The highest BCUT2D eigenvalue weighted by atomic mass is 16.1. The van der Waals surface area contributed by atoms with E-state index < -0.39 is 0 Å². The molecule has 0 radical (unpaired) electrons. The summed E-state index contributed by atoms with van der Waals surface area (Å²) in [4.78, 5) is 25.1. The van der Waals surface area contributed by atoms with Gasteiger partial charge in [-0.3, -0.25) is 9.36 Å². The summed E-state index contributed by atoms with van der Waals surface area (Å²) < 4.78 is 1.79. The van der Waals surface area contributed by atoms with Crippen LogP contribution in [-0.2, 0) is 17.8 Å².